The molecule has 0 spiro atoms. The average Bonchev–Trinajstić information content (AvgIpc) is 2.91. The van der Waals surface area contributed by atoms with Gasteiger partial charge in [-0.1, -0.05) is 11.6 Å². The minimum absolute atomic E-state index is 0.328. The lowest BCUT2D eigenvalue weighted by molar-refractivity contribution is 0.627. The molecule has 3 rings (SSSR count). The lowest BCUT2D eigenvalue weighted by Gasteiger charge is -2.06. The van der Waals surface area contributed by atoms with Gasteiger partial charge in [-0.2, -0.15) is 4.68 Å². The van der Waals surface area contributed by atoms with E-state index < -0.39 is 0 Å². The molecule has 3 aromatic rings. The van der Waals surface area contributed by atoms with Gasteiger partial charge in [0, 0.05) is 11.3 Å². The van der Waals surface area contributed by atoms with Gasteiger partial charge in [-0.05, 0) is 52.9 Å². The first-order chi connectivity index (χ1) is 9.65. The molecular formula is C13H9ClFN5. The normalized spacial score (nSPS) is 10.7. The predicted molar refractivity (Wildman–Crippen MR) is 74.0 cm³/mol. The van der Waals surface area contributed by atoms with E-state index in [1.807, 2.05) is 0 Å². The van der Waals surface area contributed by atoms with Crippen LogP contribution in [0.1, 0.15) is 0 Å². The van der Waals surface area contributed by atoms with Crippen molar-refractivity contribution in [3.05, 3.63) is 53.3 Å². The quantitative estimate of drug-likeness (QED) is 0.736. The van der Waals surface area contributed by atoms with Gasteiger partial charge in [0.25, 0.3) is 0 Å². The summed E-state index contributed by atoms with van der Waals surface area (Å²) in [7, 11) is 0. The molecule has 0 aliphatic carbocycles. The van der Waals surface area contributed by atoms with Crippen molar-refractivity contribution < 1.29 is 4.39 Å². The van der Waals surface area contributed by atoms with Gasteiger partial charge in [-0.3, -0.25) is 0 Å². The number of rotatable bonds is 2. The molecule has 20 heavy (non-hydrogen) atoms. The standard InChI is InChI=1S/C13H9ClFN5/c14-12-6-3-9(16)7-11(12)13-17-18-19-20(13)10-4-1-8(15)2-5-10/h1-7H,16H2. The van der Waals surface area contributed by atoms with Crippen LogP contribution < -0.4 is 5.73 Å². The molecule has 0 amide bonds. The van der Waals surface area contributed by atoms with Gasteiger partial charge in [0.05, 0.1) is 10.7 Å². The van der Waals surface area contributed by atoms with E-state index in [4.69, 9.17) is 17.3 Å². The zero-order valence-corrected chi connectivity index (χ0v) is 10.9. The monoisotopic (exact) mass is 289 g/mol. The van der Waals surface area contributed by atoms with E-state index in [-0.39, 0.29) is 5.82 Å². The Morgan fingerprint density at radius 3 is 2.60 bits per heavy atom. The lowest BCUT2D eigenvalue weighted by atomic mass is 10.2. The number of hydrogen-bond donors (Lipinski definition) is 1. The van der Waals surface area contributed by atoms with Crippen LogP contribution in [0.25, 0.3) is 17.1 Å². The second kappa shape index (κ2) is 4.90. The fourth-order valence-electron chi connectivity index (χ4n) is 1.83. The number of nitrogen functional groups attached to an aromatic ring is 1. The molecular weight excluding hydrogens is 281 g/mol. The molecule has 0 aliphatic rings. The van der Waals surface area contributed by atoms with E-state index in [2.05, 4.69) is 15.5 Å². The molecule has 100 valence electrons. The molecule has 2 aromatic carbocycles. The summed E-state index contributed by atoms with van der Waals surface area (Å²) < 4.78 is 14.4. The SMILES string of the molecule is Nc1ccc(Cl)c(-c2nnnn2-c2ccc(F)cc2)c1. The van der Waals surface area contributed by atoms with Crippen molar-refractivity contribution >= 4 is 17.3 Å². The number of nitrogens with zero attached hydrogens (tertiary/aromatic N) is 4. The van der Waals surface area contributed by atoms with Crippen molar-refractivity contribution in [2.24, 2.45) is 0 Å². The Balaban J connectivity index is 2.15. The van der Waals surface area contributed by atoms with E-state index in [0.717, 1.165) is 0 Å². The van der Waals surface area contributed by atoms with E-state index in [1.165, 1.54) is 16.8 Å². The number of nitrogens with two attached hydrogens (primary N) is 1. The van der Waals surface area contributed by atoms with E-state index in [0.29, 0.717) is 27.8 Å². The molecule has 5 nitrogen and oxygen atoms in total. The minimum atomic E-state index is -0.328. The Labute approximate surface area is 118 Å². The van der Waals surface area contributed by atoms with Crippen molar-refractivity contribution in [2.75, 3.05) is 5.73 Å². The molecule has 0 atom stereocenters. The number of halogens is 2. The van der Waals surface area contributed by atoms with Crippen LogP contribution in [0.3, 0.4) is 0 Å². The first kappa shape index (κ1) is 12.6. The van der Waals surface area contributed by atoms with Crippen LogP contribution in [0.5, 0.6) is 0 Å². The molecule has 0 bridgehead atoms. The smallest absolute Gasteiger partial charge is 0.188 e. The number of tetrazole rings is 1. The highest BCUT2D eigenvalue weighted by Gasteiger charge is 2.14. The van der Waals surface area contributed by atoms with Gasteiger partial charge < -0.3 is 5.73 Å². The topological polar surface area (TPSA) is 69.6 Å². The third-order valence-electron chi connectivity index (χ3n) is 2.77. The highest BCUT2D eigenvalue weighted by Crippen LogP contribution is 2.29. The molecule has 0 unspecified atom stereocenters. The second-order valence-electron chi connectivity index (χ2n) is 4.13. The summed E-state index contributed by atoms with van der Waals surface area (Å²) >= 11 is 6.15. The summed E-state index contributed by atoms with van der Waals surface area (Å²) in [6.45, 7) is 0. The Hall–Kier alpha value is -2.47. The Kier molecular flexibility index (Phi) is 3.08. The van der Waals surface area contributed by atoms with Crippen LogP contribution in [0.15, 0.2) is 42.5 Å². The zero-order chi connectivity index (χ0) is 14.1. The summed E-state index contributed by atoms with van der Waals surface area (Å²) in [5, 5.41) is 12.0. The maximum atomic E-state index is 13.0. The van der Waals surface area contributed by atoms with Crippen LogP contribution in [-0.2, 0) is 0 Å². The van der Waals surface area contributed by atoms with Gasteiger partial charge in [-0.25, -0.2) is 4.39 Å². The minimum Gasteiger partial charge on any atom is -0.399 e. The van der Waals surface area contributed by atoms with Gasteiger partial charge in [0.2, 0.25) is 0 Å². The second-order valence-corrected chi connectivity index (χ2v) is 4.54. The Morgan fingerprint density at radius 1 is 1.10 bits per heavy atom. The molecule has 1 aromatic heterocycles. The van der Waals surface area contributed by atoms with Crippen molar-refractivity contribution in [3.63, 3.8) is 0 Å². The van der Waals surface area contributed by atoms with Crippen LogP contribution in [0.2, 0.25) is 5.02 Å². The van der Waals surface area contributed by atoms with E-state index in [1.54, 1.807) is 30.3 Å². The van der Waals surface area contributed by atoms with Gasteiger partial charge >= 0.3 is 0 Å². The lowest BCUT2D eigenvalue weighted by Crippen LogP contribution is -2.00. The molecule has 1 heterocycles. The van der Waals surface area contributed by atoms with Crippen molar-refractivity contribution in [2.45, 2.75) is 0 Å². The first-order valence-corrected chi connectivity index (χ1v) is 6.12. The van der Waals surface area contributed by atoms with E-state index >= 15 is 0 Å². The number of aromatic nitrogens is 4. The maximum absolute atomic E-state index is 13.0. The van der Waals surface area contributed by atoms with Gasteiger partial charge in [0.15, 0.2) is 5.82 Å². The number of benzene rings is 2. The van der Waals surface area contributed by atoms with Crippen molar-refractivity contribution in [1.82, 2.24) is 20.2 Å². The summed E-state index contributed by atoms with van der Waals surface area (Å²) in [4.78, 5) is 0. The number of anilines is 1. The molecule has 0 saturated carbocycles. The molecule has 0 radical (unpaired) electrons. The molecule has 2 N–H and O–H groups in total. The molecule has 0 aliphatic heterocycles. The maximum Gasteiger partial charge on any atom is 0.188 e. The summed E-state index contributed by atoms with van der Waals surface area (Å²) in [6.07, 6.45) is 0. The van der Waals surface area contributed by atoms with E-state index in [9.17, 15) is 4.39 Å². The Morgan fingerprint density at radius 2 is 1.85 bits per heavy atom. The Bertz CT molecular complexity index is 754. The largest absolute Gasteiger partial charge is 0.399 e. The third kappa shape index (κ3) is 2.21. The van der Waals surface area contributed by atoms with Crippen LogP contribution in [0.4, 0.5) is 10.1 Å². The molecule has 7 heteroatoms. The molecule has 0 fully saturated rings. The van der Waals surface area contributed by atoms with Crippen LogP contribution >= 0.6 is 11.6 Å². The number of hydrogen-bond acceptors (Lipinski definition) is 4. The fraction of sp³-hybridized carbons (Fsp3) is 0. The van der Waals surface area contributed by atoms with Gasteiger partial charge in [-0.15, -0.1) is 5.10 Å². The summed E-state index contributed by atoms with van der Waals surface area (Å²) in [6, 6.07) is 10.9. The predicted octanol–water partition coefficient (Wildman–Crippen LogP) is 2.70. The summed E-state index contributed by atoms with van der Waals surface area (Å²) in [5.41, 5.74) is 7.55. The first-order valence-electron chi connectivity index (χ1n) is 5.75. The van der Waals surface area contributed by atoms with Gasteiger partial charge in [0.1, 0.15) is 5.82 Å². The fourth-order valence-corrected chi connectivity index (χ4v) is 2.03. The van der Waals surface area contributed by atoms with Crippen LogP contribution in [-0.4, -0.2) is 20.2 Å². The highest BCUT2D eigenvalue weighted by atomic mass is 35.5. The summed E-state index contributed by atoms with van der Waals surface area (Å²) in [5.74, 6) is 0.110. The highest BCUT2D eigenvalue weighted by molar-refractivity contribution is 6.33. The average molecular weight is 290 g/mol. The van der Waals surface area contributed by atoms with Crippen molar-refractivity contribution in [1.29, 1.82) is 0 Å². The van der Waals surface area contributed by atoms with Crippen LogP contribution in [0, 0.1) is 5.82 Å². The zero-order valence-electron chi connectivity index (χ0n) is 10.2. The third-order valence-corrected chi connectivity index (χ3v) is 3.10. The van der Waals surface area contributed by atoms with Crippen molar-refractivity contribution in [3.8, 4) is 17.1 Å². The molecule has 0 saturated heterocycles.